The van der Waals surface area contributed by atoms with Gasteiger partial charge in [-0.2, -0.15) is 0 Å². The van der Waals surface area contributed by atoms with Crippen LogP contribution in [-0.2, 0) is 14.3 Å². The maximum absolute atomic E-state index is 11.8. The molecule has 21 heavy (non-hydrogen) atoms. The highest BCUT2D eigenvalue weighted by Crippen LogP contribution is 2.19. The number of nitrogens with one attached hydrogen (secondary N) is 1. The number of hydrogen-bond donors (Lipinski definition) is 1. The van der Waals surface area contributed by atoms with Crippen LogP contribution in [0.1, 0.15) is 37.8 Å². The lowest BCUT2D eigenvalue weighted by atomic mass is 9.95. The number of ether oxygens (including phenoxy) is 1. The monoisotopic (exact) mass is 287 g/mol. The lowest BCUT2D eigenvalue weighted by Crippen LogP contribution is -2.32. The zero-order valence-corrected chi connectivity index (χ0v) is 12.2. The minimum Gasteiger partial charge on any atom is -0.455 e. The summed E-state index contributed by atoms with van der Waals surface area (Å²) in [4.78, 5) is 23.6. The Morgan fingerprint density at radius 1 is 1.29 bits per heavy atom. The predicted molar refractivity (Wildman–Crippen MR) is 80.4 cm³/mol. The van der Waals surface area contributed by atoms with Gasteiger partial charge in [-0.05, 0) is 31.7 Å². The molecule has 4 nitrogen and oxygen atoms in total. The summed E-state index contributed by atoms with van der Waals surface area (Å²) in [5.41, 5.74) is 1.02. The normalized spacial score (nSPS) is 18.8. The van der Waals surface area contributed by atoms with Crippen molar-refractivity contribution < 1.29 is 14.3 Å². The van der Waals surface area contributed by atoms with Crippen molar-refractivity contribution in [1.29, 1.82) is 0 Å². The second kappa shape index (κ2) is 7.62. The fourth-order valence-corrected chi connectivity index (χ4v) is 2.37. The van der Waals surface area contributed by atoms with Gasteiger partial charge < -0.3 is 10.1 Å². The molecule has 1 amide bonds. The first-order chi connectivity index (χ1) is 10.2. The fourth-order valence-electron chi connectivity index (χ4n) is 2.37. The predicted octanol–water partition coefficient (Wildman–Crippen LogP) is 2.76. The van der Waals surface area contributed by atoms with E-state index in [9.17, 15) is 9.59 Å². The van der Waals surface area contributed by atoms with Crippen LogP contribution in [0.2, 0.25) is 0 Å². The van der Waals surface area contributed by atoms with Crippen LogP contribution in [0.5, 0.6) is 0 Å². The van der Waals surface area contributed by atoms with Crippen molar-refractivity contribution in [2.75, 3.05) is 6.61 Å². The van der Waals surface area contributed by atoms with Crippen LogP contribution in [0.15, 0.2) is 42.5 Å². The summed E-state index contributed by atoms with van der Waals surface area (Å²) in [7, 11) is 0. The van der Waals surface area contributed by atoms with E-state index in [4.69, 9.17) is 4.74 Å². The maximum Gasteiger partial charge on any atom is 0.309 e. The molecule has 2 atom stereocenters. The van der Waals surface area contributed by atoms with E-state index in [-0.39, 0.29) is 30.4 Å². The molecule has 0 saturated heterocycles. The first kappa shape index (κ1) is 15.3. The van der Waals surface area contributed by atoms with Gasteiger partial charge in [-0.3, -0.25) is 9.59 Å². The van der Waals surface area contributed by atoms with Gasteiger partial charge in [0.15, 0.2) is 6.61 Å². The molecule has 1 aromatic carbocycles. The molecule has 0 saturated carbocycles. The number of rotatable bonds is 5. The average molecular weight is 287 g/mol. The van der Waals surface area contributed by atoms with Crippen LogP contribution < -0.4 is 5.32 Å². The highest BCUT2D eigenvalue weighted by atomic mass is 16.5. The molecule has 0 bridgehead atoms. The molecular formula is C17H21NO3. The second-order valence-corrected chi connectivity index (χ2v) is 5.29. The molecule has 0 radical (unpaired) electrons. The van der Waals surface area contributed by atoms with E-state index in [0.29, 0.717) is 6.42 Å². The van der Waals surface area contributed by atoms with E-state index in [1.165, 1.54) is 0 Å². The molecule has 112 valence electrons. The van der Waals surface area contributed by atoms with Gasteiger partial charge in [-0.15, -0.1) is 0 Å². The summed E-state index contributed by atoms with van der Waals surface area (Å²) in [6.07, 6.45) is 6.47. The van der Waals surface area contributed by atoms with Crippen LogP contribution in [0.3, 0.4) is 0 Å². The van der Waals surface area contributed by atoms with E-state index >= 15 is 0 Å². The molecule has 1 aliphatic carbocycles. The lowest BCUT2D eigenvalue weighted by molar-refractivity contribution is -0.153. The molecule has 1 N–H and O–H groups in total. The Labute approximate surface area is 125 Å². The van der Waals surface area contributed by atoms with Crippen LogP contribution in [0, 0.1) is 5.92 Å². The average Bonchev–Trinajstić information content (AvgIpc) is 2.54. The van der Waals surface area contributed by atoms with Crippen LogP contribution >= 0.6 is 0 Å². The van der Waals surface area contributed by atoms with Gasteiger partial charge in [0.1, 0.15) is 0 Å². The molecule has 0 unspecified atom stereocenters. The quantitative estimate of drug-likeness (QED) is 0.669. The number of allylic oxidation sites excluding steroid dienone is 2. The number of benzene rings is 1. The number of esters is 1. The number of amides is 1. The van der Waals surface area contributed by atoms with Crippen molar-refractivity contribution in [1.82, 2.24) is 5.32 Å². The van der Waals surface area contributed by atoms with Crippen LogP contribution in [0.25, 0.3) is 0 Å². The first-order valence-electron chi connectivity index (χ1n) is 7.32. The molecule has 0 spiro atoms. The fraction of sp³-hybridized carbons (Fsp3) is 0.412. The Morgan fingerprint density at radius 3 is 2.71 bits per heavy atom. The van der Waals surface area contributed by atoms with Gasteiger partial charge >= 0.3 is 5.97 Å². The third-order valence-corrected chi connectivity index (χ3v) is 3.62. The number of carbonyl (C=O) groups is 2. The summed E-state index contributed by atoms with van der Waals surface area (Å²) in [6.45, 7) is 1.69. The van der Waals surface area contributed by atoms with Gasteiger partial charge in [0.25, 0.3) is 5.91 Å². The topological polar surface area (TPSA) is 55.4 Å². The minimum atomic E-state index is -0.276. The Morgan fingerprint density at radius 2 is 2.05 bits per heavy atom. The van der Waals surface area contributed by atoms with Crippen LogP contribution in [-0.4, -0.2) is 18.5 Å². The first-order valence-corrected chi connectivity index (χ1v) is 7.32. The van der Waals surface area contributed by atoms with Gasteiger partial charge in [0.2, 0.25) is 0 Å². The number of hydrogen-bond acceptors (Lipinski definition) is 3. The van der Waals surface area contributed by atoms with Gasteiger partial charge in [0.05, 0.1) is 12.0 Å². The Bertz CT molecular complexity index is 510. The summed E-state index contributed by atoms with van der Waals surface area (Å²) in [5.74, 6) is -0.651. The standard InChI is InChI=1S/C17H21NO3/c1-13(14-8-4-2-5-9-14)18-16(19)12-21-17(20)15-10-6-3-7-11-15/h2-6,8-9,13,15H,7,10-12H2,1H3,(H,18,19)/t13-,15-/m1/s1. The summed E-state index contributed by atoms with van der Waals surface area (Å²) < 4.78 is 5.10. The Balaban J connectivity index is 1.74. The highest BCUT2D eigenvalue weighted by molar-refractivity contribution is 5.81. The van der Waals surface area contributed by atoms with Gasteiger partial charge in [-0.25, -0.2) is 0 Å². The molecule has 4 heteroatoms. The van der Waals surface area contributed by atoms with Crippen molar-refractivity contribution in [2.45, 2.75) is 32.2 Å². The van der Waals surface area contributed by atoms with Crippen molar-refractivity contribution in [3.8, 4) is 0 Å². The van der Waals surface area contributed by atoms with Crippen LogP contribution in [0.4, 0.5) is 0 Å². The lowest BCUT2D eigenvalue weighted by Gasteiger charge is -2.17. The summed E-state index contributed by atoms with van der Waals surface area (Å²) in [6, 6.07) is 9.58. The SMILES string of the molecule is C[C@@H](NC(=O)COC(=O)[C@@H]1CC=CCC1)c1ccccc1. The van der Waals surface area contributed by atoms with Gasteiger partial charge in [-0.1, -0.05) is 42.5 Å². The van der Waals surface area contributed by atoms with E-state index in [2.05, 4.69) is 11.4 Å². The van der Waals surface area contributed by atoms with Crippen molar-refractivity contribution >= 4 is 11.9 Å². The molecular weight excluding hydrogens is 266 g/mol. The van der Waals surface area contributed by atoms with E-state index in [1.807, 2.05) is 43.3 Å². The third-order valence-electron chi connectivity index (χ3n) is 3.62. The molecule has 0 heterocycles. The third kappa shape index (κ3) is 4.74. The maximum atomic E-state index is 11.8. The smallest absolute Gasteiger partial charge is 0.309 e. The molecule has 1 aromatic rings. The molecule has 2 rings (SSSR count). The van der Waals surface area contributed by atoms with Crippen molar-refractivity contribution in [3.05, 3.63) is 48.0 Å². The highest BCUT2D eigenvalue weighted by Gasteiger charge is 2.21. The Kier molecular flexibility index (Phi) is 5.55. The zero-order valence-electron chi connectivity index (χ0n) is 12.2. The molecule has 0 aromatic heterocycles. The van der Waals surface area contributed by atoms with Gasteiger partial charge in [0, 0.05) is 0 Å². The summed E-state index contributed by atoms with van der Waals surface area (Å²) >= 11 is 0. The summed E-state index contributed by atoms with van der Waals surface area (Å²) in [5, 5.41) is 2.82. The van der Waals surface area contributed by atoms with E-state index < -0.39 is 0 Å². The molecule has 0 fully saturated rings. The Hall–Kier alpha value is -2.10. The molecule has 1 aliphatic rings. The second-order valence-electron chi connectivity index (χ2n) is 5.29. The van der Waals surface area contributed by atoms with E-state index in [0.717, 1.165) is 18.4 Å². The van der Waals surface area contributed by atoms with E-state index in [1.54, 1.807) is 0 Å². The molecule has 0 aliphatic heterocycles. The minimum absolute atomic E-state index is 0.102. The zero-order chi connectivity index (χ0) is 15.1. The van der Waals surface area contributed by atoms with Crippen molar-refractivity contribution in [3.63, 3.8) is 0 Å². The largest absolute Gasteiger partial charge is 0.455 e. The van der Waals surface area contributed by atoms with Crippen molar-refractivity contribution in [2.24, 2.45) is 5.92 Å². The number of carbonyl (C=O) groups excluding carboxylic acids is 2.